The number of rotatable bonds is 4. The molecule has 1 aromatic carbocycles. The number of sulfonamides is 1. The van der Waals surface area contributed by atoms with Gasteiger partial charge in [-0.1, -0.05) is 19.1 Å². The summed E-state index contributed by atoms with van der Waals surface area (Å²) in [5.41, 5.74) is 0.662. The molecule has 1 unspecified atom stereocenters. The summed E-state index contributed by atoms with van der Waals surface area (Å²) in [7, 11) is -3.42. The Kier molecular flexibility index (Phi) is 4.89. The van der Waals surface area contributed by atoms with Crippen molar-refractivity contribution in [2.24, 2.45) is 0 Å². The zero-order valence-corrected chi connectivity index (χ0v) is 12.6. The highest BCUT2D eigenvalue weighted by molar-refractivity contribution is 7.99. The Bertz CT molecular complexity index is 524. The number of hydrogen-bond donors (Lipinski definition) is 1. The molecule has 4 nitrogen and oxygen atoms in total. The van der Waals surface area contributed by atoms with Gasteiger partial charge in [0.1, 0.15) is 0 Å². The van der Waals surface area contributed by atoms with Crippen LogP contribution in [0.3, 0.4) is 0 Å². The van der Waals surface area contributed by atoms with Crippen molar-refractivity contribution in [1.29, 1.82) is 0 Å². The van der Waals surface area contributed by atoms with E-state index in [0.29, 0.717) is 25.1 Å². The van der Waals surface area contributed by atoms with Crippen LogP contribution in [-0.4, -0.2) is 42.4 Å². The van der Waals surface area contributed by atoms with E-state index < -0.39 is 16.1 Å². The Morgan fingerprint density at radius 1 is 1.37 bits per heavy atom. The summed E-state index contributed by atoms with van der Waals surface area (Å²) in [5.74, 6) is 1.69. The Balaban J connectivity index is 2.29. The summed E-state index contributed by atoms with van der Waals surface area (Å²) >= 11 is 1.78. The van der Waals surface area contributed by atoms with Crippen LogP contribution in [0.4, 0.5) is 0 Å². The number of benzene rings is 1. The van der Waals surface area contributed by atoms with Crippen molar-refractivity contribution in [3.05, 3.63) is 29.8 Å². The lowest BCUT2D eigenvalue weighted by molar-refractivity contribution is 0.173. The van der Waals surface area contributed by atoms with Gasteiger partial charge < -0.3 is 5.11 Å². The van der Waals surface area contributed by atoms with Crippen molar-refractivity contribution in [3.63, 3.8) is 0 Å². The van der Waals surface area contributed by atoms with Crippen LogP contribution >= 0.6 is 11.8 Å². The minimum Gasteiger partial charge on any atom is -0.388 e. The SMILES string of the molecule is CCC(O)c1cccc(S(=O)(=O)N2CCSCC2)c1. The van der Waals surface area contributed by atoms with Crippen LogP contribution in [0, 0.1) is 0 Å². The fourth-order valence-electron chi connectivity index (χ4n) is 2.05. The van der Waals surface area contributed by atoms with Gasteiger partial charge in [0.2, 0.25) is 10.0 Å². The first-order valence-electron chi connectivity index (χ1n) is 6.41. The molecule has 0 bridgehead atoms. The number of aliphatic hydroxyl groups is 1. The number of nitrogens with zero attached hydrogens (tertiary/aromatic N) is 1. The first kappa shape index (κ1) is 14.8. The van der Waals surface area contributed by atoms with Gasteiger partial charge in [-0.2, -0.15) is 16.1 Å². The molecule has 0 spiro atoms. The van der Waals surface area contributed by atoms with Gasteiger partial charge in [-0.3, -0.25) is 0 Å². The molecule has 1 aliphatic heterocycles. The highest BCUT2D eigenvalue weighted by atomic mass is 32.2. The second-order valence-electron chi connectivity index (χ2n) is 4.51. The number of aliphatic hydroxyl groups excluding tert-OH is 1. The van der Waals surface area contributed by atoms with Crippen LogP contribution in [0.2, 0.25) is 0 Å². The highest BCUT2D eigenvalue weighted by Crippen LogP contribution is 2.24. The molecule has 1 atom stereocenters. The maximum absolute atomic E-state index is 12.5. The van der Waals surface area contributed by atoms with Crippen LogP contribution in [0.1, 0.15) is 25.0 Å². The first-order valence-corrected chi connectivity index (χ1v) is 9.01. The molecular formula is C13H19NO3S2. The number of thioether (sulfide) groups is 1. The molecule has 1 heterocycles. The number of hydrogen-bond acceptors (Lipinski definition) is 4. The van der Waals surface area contributed by atoms with E-state index in [-0.39, 0.29) is 4.90 Å². The van der Waals surface area contributed by atoms with Crippen LogP contribution in [0.15, 0.2) is 29.2 Å². The molecule has 1 saturated heterocycles. The molecule has 19 heavy (non-hydrogen) atoms. The van der Waals surface area contributed by atoms with Gasteiger partial charge in [0.15, 0.2) is 0 Å². The predicted molar refractivity (Wildman–Crippen MR) is 77.8 cm³/mol. The van der Waals surface area contributed by atoms with Gasteiger partial charge in [-0.25, -0.2) is 8.42 Å². The largest absolute Gasteiger partial charge is 0.388 e. The molecule has 106 valence electrons. The van der Waals surface area contributed by atoms with Crippen LogP contribution in [-0.2, 0) is 10.0 Å². The standard InChI is InChI=1S/C13H19NO3S2/c1-2-13(15)11-4-3-5-12(10-11)19(16,17)14-6-8-18-9-7-14/h3-5,10,13,15H,2,6-9H2,1H3. The second-order valence-corrected chi connectivity index (χ2v) is 7.68. The minimum atomic E-state index is -3.42. The van der Waals surface area contributed by atoms with Gasteiger partial charge in [0.25, 0.3) is 0 Å². The van der Waals surface area contributed by atoms with Gasteiger partial charge in [-0.05, 0) is 24.1 Å². The zero-order chi connectivity index (χ0) is 13.9. The first-order chi connectivity index (χ1) is 9.05. The fourth-order valence-corrected chi connectivity index (χ4v) is 4.69. The Labute approximate surface area is 118 Å². The molecule has 0 radical (unpaired) electrons. The van der Waals surface area contributed by atoms with E-state index in [9.17, 15) is 13.5 Å². The maximum atomic E-state index is 12.5. The van der Waals surface area contributed by atoms with Crippen LogP contribution in [0.5, 0.6) is 0 Å². The smallest absolute Gasteiger partial charge is 0.243 e. The lowest BCUT2D eigenvalue weighted by atomic mass is 10.1. The third kappa shape index (κ3) is 3.31. The van der Waals surface area contributed by atoms with Gasteiger partial charge >= 0.3 is 0 Å². The summed E-state index contributed by atoms with van der Waals surface area (Å²) < 4.78 is 26.5. The average Bonchev–Trinajstić information content (AvgIpc) is 2.47. The molecule has 1 fully saturated rings. The van der Waals surface area contributed by atoms with E-state index in [0.717, 1.165) is 11.5 Å². The molecule has 0 amide bonds. The van der Waals surface area contributed by atoms with Crippen molar-refractivity contribution in [2.75, 3.05) is 24.6 Å². The van der Waals surface area contributed by atoms with Crippen LogP contribution < -0.4 is 0 Å². The van der Waals surface area contributed by atoms with Crippen LogP contribution in [0.25, 0.3) is 0 Å². The van der Waals surface area contributed by atoms with E-state index in [1.807, 2.05) is 6.92 Å². The van der Waals surface area contributed by atoms with Gasteiger partial charge in [0.05, 0.1) is 11.0 Å². The molecule has 2 rings (SSSR count). The van der Waals surface area contributed by atoms with E-state index in [1.54, 1.807) is 36.0 Å². The van der Waals surface area contributed by atoms with Crippen molar-refractivity contribution in [3.8, 4) is 0 Å². The zero-order valence-electron chi connectivity index (χ0n) is 10.9. The quantitative estimate of drug-likeness (QED) is 0.922. The second kappa shape index (κ2) is 6.26. The molecule has 1 aromatic rings. The summed E-state index contributed by atoms with van der Waals surface area (Å²) in [6.45, 7) is 2.99. The molecule has 0 aliphatic carbocycles. The third-order valence-electron chi connectivity index (χ3n) is 3.24. The Morgan fingerprint density at radius 2 is 2.05 bits per heavy atom. The van der Waals surface area contributed by atoms with E-state index in [1.165, 1.54) is 4.31 Å². The molecule has 0 saturated carbocycles. The van der Waals surface area contributed by atoms with Gasteiger partial charge in [0, 0.05) is 24.6 Å². The van der Waals surface area contributed by atoms with Crippen molar-refractivity contribution >= 4 is 21.8 Å². The topological polar surface area (TPSA) is 57.6 Å². The van der Waals surface area contributed by atoms with E-state index in [2.05, 4.69) is 0 Å². The van der Waals surface area contributed by atoms with Gasteiger partial charge in [-0.15, -0.1) is 0 Å². The maximum Gasteiger partial charge on any atom is 0.243 e. The normalized spacial score (nSPS) is 19.3. The third-order valence-corrected chi connectivity index (χ3v) is 6.07. The Morgan fingerprint density at radius 3 is 2.68 bits per heavy atom. The summed E-state index contributed by atoms with van der Waals surface area (Å²) in [6.07, 6.45) is -0.0313. The average molecular weight is 301 g/mol. The fraction of sp³-hybridized carbons (Fsp3) is 0.538. The van der Waals surface area contributed by atoms with Crippen molar-refractivity contribution < 1.29 is 13.5 Å². The molecular weight excluding hydrogens is 282 g/mol. The van der Waals surface area contributed by atoms with E-state index in [4.69, 9.17) is 0 Å². The molecule has 1 N–H and O–H groups in total. The summed E-state index contributed by atoms with van der Waals surface area (Å²) in [6, 6.07) is 6.65. The monoisotopic (exact) mass is 301 g/mol. The molecule has 6 heteroatoms. The highest BCUT2D eigenvalue weighted by Gasteiger charge is 2.26. The lowest BCUT2D eigenvalue weighted by Gasteiger charge is -2.25. The van der Waals surface area contributed by atoms with Crippen molar-refractivity contribution in [2.45, 2.75) is 24.3 Å². The summed E-state index contributed by atoms with van der Waals surface area (Å²) in [4.78, 5) is 0.282. The molecule has 1 aliphatic rings. The predicted octanol–water partition coefficient (Wildman–Crippen LogP) is 1.87. The van der Waals surface area contributed by atoms with Crippen molar-refractivity contribution in [1.82, 2.24) is 4.31 Å². The lowest BCUT2D eigenvalue weighted by Crippen LogP contribution is -2.37. The molecule has 0 aromatic heterocycles. The summed E-state index contributed by atoms with van der Waals surface area (Å²) in [5, 5.41) is 9.82. The minimum absolute atomic E-state index is 0.282. The van der Waals surface area contributed by atoms with E-state index >= 15 is 0 Å². The Hall–Kier alpha value is -0.560.